The zero-order chi connectivity index (χ0) is 11.8. The van der Waals surface area contributed by atoms with Gasteiger partial charge in [-0.2, -0.15) is 0 Å². The van der Waals surface area contributed by atoms with Gasteiger partial charge in [0.15, 0.2) is 0 Å². The Labute approximate surface area is 98.4 Å². The molecular formula is C12H13ClF2O. The van der Waals surface area contributed by atoms with Crippen LogP contribution in [-0.2, 0) is 4.74 Å². The minimum Gasteiger partial charge on any atom is -0.373 e. The molecule has 0 radical (unpaired) electrons. The van der Waals surface area contributed by atoms with E-state index >= 15 is 0 Å². The van der Waals surface area contributed by atoms with Gasteiger partial charge in [0.2, 0.25) is 0 Å². The van der Waals surface area contributed by atoms with Crippen molar-refractivity contribution in [2.24, 2.45) is 0 Å². The van der Waals surface area contributed by atoms with Gasteiger partial charge in [-0.05, 0) is 38.0 Å². The molecule has 0 aromatic heterocycles. The minimum absolute atomic E-state index is 0.172. The maximum atomic E-state index is 13.5. The van der Waals surface area contributed by atoms with Crippen LogP contribution < -0.4 is 0 Å². The third-order valence-corrected chi connectivity index (χ3v) is 3.71. The Kier molecular flexibility index (Phi) is 3.17. The van der Waals surface area contributed by atoms with Gasteiger partial charge >= 0.3 is 0 Å². The van der Waals surface area contributed by atoms with E-state index in [4.69, 9.17) is 16.3 Å². The van der Waals surface area contributed by atoms with E-state index in [1.54, 1.807) is 0 Å². The first kappa shape index (κ1) is 11.8. The van der Waals surface area contributed by atoms with Crippen LogP contribution >= 0.6 is 11.6 Å². The lowest BCUT2D eigenvalue weighted by atomic mass is 9.92. The monoisotopic (exact) mass is 246 g/mol. The summed E-state index contributed by atoms with van der Waals surface area (Å²) < 4.78 is 32.1. The molecule has 1 nitrogen and oxygen atoms in total. The molecule has 1 aromatic carbocycles. The Morgan fingerprint density at radius 3 is 2.81 bits per heavy atom. The zero-order valence-corrected chi connectivity index (χ0v) is 9.73. The quantitative estimate of drug-likeness (QED) is 0.721. The van der Waals surface area contributed by atoms with Crippen molar-refractivity contribution in [1.29, 1.82) is 0 Å². The first-order valence-electron chi connectivity index (χ1n) is 5.26. The largest absolute Gasteiger partial charge is 0.373 e. The molecule has 0 spiro atoms. The smallest absolute Gasteiger partial charge is 0.128 e. The predicted octanol–water partition coefficient (Wildman–Crippen LogP) is 3.81. The standard InChI is InChI=1S/C12H13ClF2O/c1-12(5-2-6-16-12)11(13)9-7-8(14)3-4-10(9)15/h3-4,7,11H,2,5-6H2,1H3. The fraction of sp³-hybridized carbons (Fsp3) is 0.500. The van der Waals surface area contributed by atoms with E-state index in [-0.39, 0.29) is 5.56 Å². The summed E-state index contributed by atoms with van der Waals surface area (Å²) >= 11 is 6.20. The molecule has 2 rings (SSSR count). The SMILES string of the molecule is CC1(C(Cl)c2cc(F)ccc2F)CCCO1. The highest BCUT2D eigenvalue weighted by Crippen LogP contribution is 2.42. The molecule has 2 unspecified atom stereocenters. The topological polar surface area (TPSA) is 9.23 Å². The number of rotatable bonds is 2. The Bertz CT molecular complexity index is 389. The Balaban J connectivity index is 2.32. The second-order valence-electron chi connectivity index (χ2n) is 4.29. The van der Waals surface area contributed by atoms with Crippen LogP contribution in [0.1, 0.15) is 30.7 Å². The van der Waals surface area contributed by atoms with E-state index in [0.717, 1.165) is 31.0 Å². The summed E-state index contributed by atoms with van der Waals surface area (Å²) in [6.07, 6.45) is 1.66. The average molecular weight is 247 g/mol. The molecule has 1 fully saturated rings. The number of benzene rings is 1. The molecule has 16 heavy (non-hydrogen) atoms. The summed E-state index contributed by atoms with van der Waals surface area (Å²) in [4.78, 5) is 0. The van der Waals surface area contributed by atoms with Gasteiger partial charge in [0.05, 0.1) is 11.0 Å². The molecule has 0 bridgehead atoms. The summed E-state index contributed by atoms with van der Waals surface area (Å²) in [7, 11) is 0. The molecule has 4 heteroatoms. The van der Waals surface area contributed by atoms with Crippen molar-refractivity contribution in [2.45, 2.75) is 30.7 Å². The summed E-state index contributed by atoms with van der Waals surface area (Å²) in [6.45, 7) is 2.46. The highest BCUT2D eigenvalue weighted by Gasteiger charge is 2.39. The lowest BCUT2D eigenvalue weighted by Gasteiger charge is -2.29. The number of halogens is 3. The molecule has 1 aromatic rings. The number of hydrogen-bond donors (Lipinski definition) is 0. The Morgan fingerprint density at radius 2 is 2.19 bits per heavy atom. The fourth-order valence-electron chi connectivity index (χ4n) is 2.04. The third-order valence-electron chi connectivity index (χ3n) is 3.02. The van der Waals surface area contributed by atoms with E-state index < -0.39 is 22.6 Å². The van der Waals surface area contributed by atoms with E-state index in [2.05, 4.69) is 0 Å². The molecule has 88 valence electrons. The van der Waals surface area contributed by atoms with Crippen molar-refractivity contribution in [3.63, 3.8) is 0 Å². The van der Waals surface area contributed by atoms with Gasteiger partial charge in [0.25, 0.3) is 0 Å². The van der Waals surface area contributed by atoms with Crippen molar-refractivity contribution in [1.82, 2.24) is 0 Å². The van der Waals surface area contributed by atoms with Crippen molar-refractivity contribution < 1.29 is 13.5 Å². The number of hydrogen-bond acceptors (Lipinski definition) is 1. The molecule has 0 amide bonds. The second-order valence-corrected chi connectivity index (χ2v) is 4.73. The molecule has 0 N–H and O–H groups in total. The highest BCUT2D eigenvalue weighted by atomic mass is 35.5. The lowest BCUT2D eigenvalue weighted by molar-refractivity contribution is 0.0157. The molecular weight excluding hydrogens is 234 g/mol. The first-order chi connectivity index (χ1) is 7.53. The van der Waals surface area contributed by atoms with Crippen LogP contribution in [0.15, 0.2) is 18.2 Å². The van der Waals surface area contributed by atoms with Crippen molar-refractivity contribution in [3.05, 3.63) is 35.4 Å². The fourth-order valence-corrected chi connectivity index (χ4v) is 2.38. The zero-order valence-electron chi connectivity index (χ0n) is 8.97. The minimum atomic E-state index is -0.661. The molecule has 2 atom stereocenters. The first-order valence-corrected chi connectivity index (χ1v) is 5.69. The average Bonchev–Trinajstić information content (AvgIpc) is 2.69. The van der Waals surface area contributed by atoms with E-state index in [0.29, 0.717) is 6.61 Å². The van der Waals surface area contributed by atoms with Gasteiger partial charge in [0, 0.05) is 12.2 Å². The van der Waals surface area contributed by atoms with E-state index in [9.17, 15) is 8.78 Å². The van der Waals surface area contributed by atoms with Crippen molar-refractivity contribution in [3.8, 4) is 0 Å². The highest BCUT2D eigenvalue weighted by molar-refractivity contribution is 6.21. The molecule has 0 saturated carbocycles. The van der Waals surface area contributed by atoms with Gasteiger partial charge in [-0.1, -0.05) is 0 Å². The second kappa shape index (κ2) is 4.30. The Morgan fingerprint density at radius 1 is 1.44 bits per heavy atom. The van der Waals surface area contributed by atoms with Crippen LogP contribution in [0.5, 0.6) is 0 Å². The number of alkyl halides is 1. The van der Waals surface area contributed by atoms with Crippen LogP contribution in [0.2, 0.25) is 0 Å². The maximum absolute atomic E-state index is 13.5. The summed E-state index contributed by atoms with van der Waals surface area (Å²) in [5.41, 5.74) is -0.429. The van der Waals surface area contributed by atoms with E-state index in [1.807, 2.05) is 6.92 Å². The normalized spacial score (nSPS) is 27.0. The van der Waals surface area contributed by atoms with Gasteiger partial charge in [-0.15, -0.1) is 11.6 Å². The molecule has 1 aliphatic heterocycles. The molecule has 1 saturated heterocycles. The summed E-state index contributed by atoms with van der Waals surface area (Å²) in [5.74, 6) is -0.971. The van der Waals surface area contributed by atoms with Gasteiger partial charge < -0.3 is 4.74 Å². The Hall–Kier alpha value is -0.670. The predicted molar refractivity (Wildman–Crippen MR) is 58.5 cm³/mol. The van der Waals surface area contributed by atoms with Crippen LogP contribution in [0, 0.1) is 11.6 Å². The van der Waals surface area contributed by atoms with Crippen LogP contribution in [0.25, 0.3) is 0 Å². The van der Waals surface area contributed by atoms with Gasteiger partial charge in [0.1, 0.15) is 11.6 Å². The molecule has 0 aliphatic carbocycles. The van der Waals surface area contributed by atoms with Crippen LogP contribution in [-0.4, -0.2) is 12.2 Å². The van der Waals surface area contributed by atoms with Gasteiger partial charge in [-0.3, -0.25) is 0 Å². The van der Waals surface area contributed by atoms with Crippen molar-refractivity contribution >= 4 is 11.6 Å². The molecule has 1 heterocycles. The third kappa shape index (κ3) is 2.06. The summed E-state index contributed by atoms with van der Waals surface area (Å²) in [5, 5.41) is -0.661. The van der Waals surface area contributed by atoms with Crippen LogP contribution in [0.4, 0.5) is 8.78 Å². The van der Waals surface area contributed by atoms with E-state index in [1.165, 1.54) is 0 Å². The number of ether oxygens (including phenoxy) is 1. The summed E-state index contributed by atoms with van der Waals surface area (Å²) in [6, 6.07) is 3.32. The lowest BCUT2D eigenvalue weighted by Crippen LogP contribution is -2.29. The van der Waals surface area contributed by atoms with Crippen molar-refractivity contribution in [2.75, 3.05) is 6.61 Å². The molecule has 1 aliphatic rings. The van der Waals surface area contributed by atoms with Crippen LogP contribution in [0.3, 0.4) is 0 Å². The van der Waals surface area contributed by atoms with Gasteiger partial charge in [-0.25, -0.2) is 8.78 Å². The maximum Gasteiger partial charge on any atom is 0.128 e.